The van der Waals surface area contributed by atoms with Crippen LogP contribution in [0.5, 0.6) is 5.75 Å². The standard InChI is InChI=1S/C26H27NO4/c1-3-4-10-25(28)27(22-13-15-23(31-2)16-14-22)18-21-12-11-20(17-24(21)26(29)30)19-8-6-5-7-9-19/h5-9,11-17H,3-4,10,18H2,1-2H3,(H,29,30). The van der Waals surface area contributed by atoms with Crippen molar-refractivity contribution in [1.82, 2.24) is 0 Å². The van der Waals surface area contributed by atoms with E-state index < -0.39 is 5.97 Å². The highest BCUT2D eigenvalue weighted by Gasteiger charge is 2.20. The molecule has 0 fully saturated rings. The molecule has 0 aliphatic heterocycles. The van der Waals surface area contributed by atoms with E-state index in [0.29, 0.717) is 23.4 Å². The maximum atomic E-state index is 13.0. The van der Waals surface area contributed by atoms with E-state index in [-0.39, 0.29) is 18.0 Å². The number of unbranched alkanes of at least 4 members (excludes halogenated alkanes) is 1. The molecule has 0 atom stereocenters. The number of anilines is 1. The average Bonchev–Trinajstić information content (AvgIpc) is 2.81. The molecule has 0 saturated carbocycles. The van der Waals surface area contributed by atoms with E-state index in [2.05, 4.69) is 0 Å². The molecule has 0 saturated heterocycles. The van der Waals surface area contributed by atoms with E-state index in [9.17, 15) is 14.7 Å². The molecule has 5 heteroatoms. The number of hydrogen-bond donors (Lipinski definition) is 1. The number of carboxylic acid groups (broad SMARTS) is 1. The number of amides is 1. The van der Waals surface area contributed by atoms with Crippen LogP contribution in [0.4, 0.5) is 5.69 Å². The Morgan fingerprint density at radius 3 is 2.26 bits per heavy atom. The monoisotopic (exact) mass is 417 g/mol. The first-order chi connectivity index (χ1) is 15.0. The van der Waals surface area contributed by atoms with Gasteiger partial charge in [-0.25, -0.2) is 4.79 Å². The SMILES string of the molecule is CCCCC(=O)N(Cc1ccc(-c2ccccc2)cc1C(=O)O)c1ccc(OC)cc1. The van der Waals surface area contributed by atoms with E-state index >= 15 is 0 Å². The molecule has 0 unspecified atom stereocenters. The Balaban J connectivity index is 1.97. The molecule has 0 aromatic heterocycles. The van der Waals surface area contributed by atoms with Gasteiger partial charge in [-0.3, -0.25) is 4.79 Å². The van der Waals surface area contributed by atoms with Crippen molar-refractivity contribution in [3.63, 3.8) is 0 Å². The number of carbonyl (C=O) groups is 2. The molecule has 1 amide bonds. The lowest BCUT2D eigenvalue weighted by Gasteiger charge is -2.24. The fraction of sp³-hybridized carbons (Fsp3) is 0.231. The van der Waals surface area contributed by atoms with Crippen molar-refractivity contribution >= 4 is 17.6 Å². The van der Waals surface area contributed by atoms with E-state index in [1.807, 2.05) is 55.5 Å². The van der Waals surface area contributed by atoms with Crippen LogP contribution >= 0.6 is 0 Å². The maximum Gasteiger partial charge on any atom is 0.336 e. The summed E-state index contributed by atoms with van der Waals surface area (Å²) in [6.45, 7) is 2.22. The van der Waals surface area contributed by atoms with Gasteiger partial charge in [-0.1, -0.05) is 55.8 Å². The van der Waals surface area contributed by atoms with Gasteiger partial charge in [0.2, 0.25) is 5.91 Å². The summed E-state index contributed by atoms with van der Waals surface area (Å²) in [7, 11) is 1.59. The predicted molar refractivity (Wildman–Crippen MR) is 123 cm³/mol. The zero-order valence-electron chi connectivity index (χ0n) is 17.9. The van der Waals surface area contributed by atoms with E-state index in [1.54, 1.807) is 36.3 Å². The van der Waals surface area contributed by atoms with Crippen LogP contribution in [0.2, 0.25) is 0 Å². The summed E-state index contributed by atoms with van der Waals surface area (Å²) in [6, 6.07) is 22.3. The highest BCUT2D eigenvalue weighted by Crippen LogP contribution is 2.27. The van der Waals surface area contributed by atoms with Crippen molar-refractivity contribution in [2.75, 3.05) is 12.0 Å². The first-order valence-corrected chi connectivity index (χ1v) is 10.4. The number of nitrogens with zero attached hydrogens (tertiary/aromatic N) is 1. The van der Waals surface area contributed by atoms with Gasteiger partial charge in [0, 0.05) is 12.1 Å². The minimum atomic E-state index is -1.01. The van der Waals surface area contributed by atoms with Gasteiger partial charge < -0.3 is 14.7 Å². The Bertz CT molecular complexity index is 1030. The van der Waals surface area contributed by atoms with Gasteiger partial charge in [-0.15, -0.1) is 0 Å². The maximum absolute atomic E-state index is 13.0. The minimum absolute atomic E-state index is 0.0320. The second kappa shape index (κ2) is 10.4. The largest absolute Gasteiger partial charge is 0.497 e. The van der Waals surface area contributed by atoms with E-state index in [0.717, 1.165) is 24.0 Å². The Hall–Kier alpha value is -3.60. The summed E-state index contributed by atoms with van der Waals surface area (Å²) in [5.41, 5.74) is 3.28. The lowest BCUT2D eigenvalue weighted by Crippen LogP contribution is -2.30. The first kappa shape index (κ1) is 22.1. The Kier molecular flexibility index (Phi) is 7.44. The van der Waals surface area contributed by atoms with Crippen molar-refractivity contribution in [2.24, 2.45) is 0 Å². The molecule has 3 aromatic rings. The Labute approximate surface area is 182 Å². The highest BCUT2D eigenvalue weighted by atomic mass is 16.5. The summed E-state index contributed by atoms with van der Waals surface area (Å²) in [5, 5.41) is 9.85. The predicted octanol–water partition coefficient (Wildman–Crippen LogP) is 5.78. The summed E-state index contributed by atoms with van der Waals surface area (Å²) >= 11 is 0. The number of carbonyl (C=O) groups excluding carboxylic acids is 1. The van der Waals surface area contributed by atoms with Crippen LogP contribution in [-0.2, 0) is 11.3 Å². The van der Waals surface area contributed by atoms with Crippen LogP contribution in [-0.4, -0.2) is 24.1 Å². The quantitative estimate of drug-likeness (QED) is 0.479. The van der Waals surface area contributed by atoms with Crippen LogP contribution in [0.1, 0.15) is 42.1 Å². The molecule has 0 aliphatic rings. The fourth-order valence-corrected chi connectivity index (χ4v) is 3.44. The molecule has 3 rings (SSSR count). The molecule has 0 heterocycles. The third-order valence-corrected chi connectivity index (χ3v) is 5.21. The lowest BCUT2D eigenvalue weighted by molar-refractivity contribution is -0.118. The third-order valence-electron chi connectivity index (χ3n) is 5.21. The topological polar surface area (TPSA) is 66.8 Å². The van der Waals surface area contributed by atoms with Crippen molar-refractivity contribution in [3.8, 4) is 16.9 Å². The molecule has 0 aliphatic carbocycles. The Morgan fingerprint density at radius 1 is 0.935 bits per heavy atom. The first-order valence-electron chi connectivity index (χ1n) is 10.4. The zero-order valence-corrected chi connectivity index (χ0v) is 17.9. The van der Waals surface area contributed by atoms with Crippen molar-refractivity contribution < 1.29 is 19.4 Å². The van der Waals surface area contributed by atoms with Gasteiger partial charge >= 0.3 is 5.97 Å². The Morgan fingerprint density at radius 2 is 1.65 bits per heavy atom. The van der Waals surface area contributed by atoms with Crippen LogP contribution in [0.15, 0.2) is 72.8 Å². The van der Waals surface area contributed by atoms with Crippen LogP contribution in [0.3, 0.4) is 0 Å². The second-order valence-electron chi connectivity index (χ2n) is 7.32. The number of methoxy groups -OCH3 is 1. The molecule has 0 bridgehead atoms. The third kappa shape index (κ3) is 5.51. The number of hydrogen-bond acceptors (Lipinski definition) is 3. The molecule has 5 nitrogen and oxygen atoms in total. The van der Waals surface area contributed by atoms with E-state index in [4.69, 9.17) is 4.74 Å². The zero-order chi connectivity index (χ0) is 22.2. The van der Waals surface area contributed by atoms with Crippen LogP contribution < -0.4 is 9.64 Å². The molecule has 160 valence electrons. The van der Waals surface area contributed by atoms with Gasteiger partial charge in [0.05, 0.1) is 19.2 Å². The number of rotatable bonds is 9. The van der Waals surface area contributed by atoms with Gasteiger partial charge in [0.1, 0.15) is 5.75 Å². The average molecular weight is 418 g/mol. The normalized spacial score (nSPS) is 10.5. The fourth-order valence-electron chi connectivity index (χ4n) is 3.44. The lowest BCUT2D eigenvalue weighted by atomic mass is 9.98. The van der Waals surface area contributed by atoms with Crippen molar-refractivity contribution in [1.29, 1.82) is 0 Å². The summed E-state index contributed by atoms with van der Waals surface area (Å²) < 4.78 is 5.22. The molecular formula is C26H27NO4. The van der Waals surface area contributed by atoms with Crippen molar-refractivity contribution in [2.45, 2.75) is 32.7 Å². The number of ether oxygens (including phenoxy) is 1. The molecular weight excluding hydrogens is 390 g/mol. The van der Waals surface area contributed by atoms with Gasteiger partial charge in [0.15, 0.2) is 0 Å². The molecule has 31 heavy (non-hydrogen) atoms. The second-order valence-corrected chi connectivity index (χ2v) is 7.32. The summed E-state index contributed by atoms with van der Waals surface area (Å²) in [6.07, 6.45) is 2.10. The molecule has 0 radical (unpaired) electrons. The van der Waals surface area contributed by atoms with Crippen LogP contribution in [0, 0.1) is 0 Å². The highest BCUT2D eigenvalue weighted by molar-refractivity contribution is 5.95. The molecule has 0 spiro atoms. The van der Waals surface area contributed by atoms with Crippen molar-refractivity contribution in [3.05, 3.63) is 83.9 Å². The summed E-state index contributed by atoms with van der Waals surface area (Å²) in [5.74, 6) is -0.345. The smallest absolute Gasteiger partial charge is 0.336 e. The number of carboxylic acids is 1. The van der Waals surface area contributed by atoms with Gasteiger partial charge in [0.25, 0.3) is 0 Å². The minimum Gasteiger partial charge on any atom is -0.497 e. The van der Waals surface area contributed by atoms with E-state index in [1.165, 1.54) is 0 Å². The van der Waals surface area contributed by atoms with Crippen LogP contribution in [0.25, 0.3) is 11.1 Å². The van der Waals surface area contributed by atoms with Gasteiger partial charge in [-0.05, 0) is 53.4 Å². The van der Waals surface area contributed by atoms with Gasteiger partial charge in [-0.2, -0.15) is 0 Å². The number of benzene rings is 3. The molecule has 1 N–H and O–H groups in total. The molecule has 3 aromatic carbocycles. The summed E-state index contributed by atoms with van der Waals surface area (Å²) in [4.78, 5) is 26.7. The number of aromatic carboxylic acids is 1.